The van der Waals surface area contributed by atoms with Crippen molar-refractivity contribution >= 4 is 28.3 Å². The smallest absolute Gasteiger partial charge is 0.260 e. The summed E-state index contributed by atoms with van der Waals surface area (Å²) >= 11 is 6.14. The van der Waals surface area contributed by atoms with Gasteiger partial charge < -0.3 is 10.1 Å². The maximum atomic E-state index is 12.2. The molecule has 4 heteroatoms. The van der Waals surface area contributed by atoms with Gasteiger partial charge in [0.05, 0.1) is 0 Å². The molecule has 0 saturated heterocycles. The molecule has 0 aromatic heterocycles. The lowest BCUT2D eigenvalue weighted by atomic mass is 10.1. The Morgan fingerprint density at radius 3 is 2.58 bits per heavy atom. The van der Waals surface area contributed by atoms with E-state index in [9.17, 15) is 4.79 Å². The summed E-state index contributed by atoms with van der Waals surface area (Å²) < 4.78 is 5.79. The van der Waals surface area contributed by atoms with E-state index in [4.69, 9.17) is 16.3 Å². The first-order valence-electron chi connectivity index (χ1n) is 8.80. The lowest BCUT2D eigenvalue weighted by Crippen LogP contribution is -2.36. The first-order valence-corrected chi connectivity index (χ1v) is 9.18. The second-order valence-corrected chi connectivity index (χ2v) is 6.66. The van der Waals surface area contributed by atoms with E-state index in [0.29, 0.717) is 12.3 Å². The SMILES string of the molecule is C[C@@H](Oc1ccc2ccccc2c1)C(=O)NCCCc1ccccc1Cl. The number of benzene rings is 3. The average molecular weight is 368 g/mol. The summed E-state index contributed by atoms with van der Waals surface area (Å²) in [7, 11) is 0. The van der Waals surface area contributed by atoms with Gasteiger partial charge in [-0.2, -0.15) is 0 Å². The lowest BCUT2D eigenvalue weighted by Gasteiger charge is -2.15. The Bertz CT molecular complexity index is 894. The largest absolute Gasteiger partial charge is 0.481 e. The zero-order valence-electron chi connectivity index (χ0n) is 14.7. The highest BCUT2D eigenvalue weighted by atomic mass is 35.5. The Kier molecular flexibility index (Phi) is 6.13. The van der Waals surface area contributed by atoms with Gasteiger partial charge in [0, 0.05) is 11.6 Å². The van der Waals surface area contributed by atoms with E-state index in [2.05, 4.69) is 5.32 Å². The lowest BCUT2D eigenvalue weighted by molar-refractivity contribution is -0.127. The molecule has 0 aliphatic rings. The fourth-order valence-electron chi connectivity index (χ4n) is 2.83. The van der Waals surface area contributed by atoms with Crippen molar-refractivity contribution in [2.75, 3.05) is 6.54 Å². The molecule has 26 heavy (non-hydrogen) atoms. The van der Waals surface area contributed by atoms with E-state index >= 15 is 0 Å². The van der Waals surface area contributed by atoms with Crippen molar-refractivity contribution in [3.8, 4) is 5.75 Å². The second kappa shape index (κ2) is 8.72. The fourth-order valence-corrected chi connectivity index (χ4v) is 3.06. The van der Waals surface area contributed by atoms with Gasteiger partial charge in [-0.1, -0.05) is 60.1 Å². The Labute approximate surface area is 158 Å². The minimum Gasteiger partial charge on any atom is -0.481 e. The number of carbonyl (C=O) groups excluding carboxylic acids is 1. The second-order valence-electron chi connectivity index (χ2n) is 6.26. The molecule has 0 fully saturated rings. The molecule has 0 aliphatic heterocycles. The first kappa shape index (κ1) is 18.3. The number of rotatable bonds is 7. The Morgan fingerprint density at radius 2 is 1.77 bits per heavy atom. The maximum absolute atomic E-state index is 12.2. The third-order valence-electron chi connectivity index (χ3n) is 4.28. The number of aryl methyl sites for hydroxylation is 1. The summed E-state index contributed by atoms with van der Waals surface area (Å²) in [5, 5.41) is 5.94. The van der Waals surface area contributed by atoms with Crippen molar-refractivity contribution in [2.24, 2.45) is 0 Å². The van der Waals surface area contributed by atoms with Gasteiger partial charge in [-0.25, -0.2) is 0 Å². The van der Waals surface area contributed by atoms with Crippen molar-refractivity contribution in [3.05, 3.63) is 77.3 Å². The molecule has 134 valence electrons. The Morgan fingerprint density at radius 1 is 1.04 bits per heavy atom. The first-order chi connectivity index (χ1) is 12.6. The highest BCUT2D eigenvalue weighted by molar-refractivity contribution is 6.31. The minimum absolute atomic E-state index is 0.114. The van der Waals surface area contributed by atoms with Crippen LogP contribution in [-0.4, -0.2) is 18.6 Å². The average Bonchev–Trinajstić information content (AvgIpc) is 2.66. The zero-order chi connectivity index (χ0) is 18.4. The summed E-state index contributed by atoms with van der Waals surface area (Å²) in [6, 6.07) is 21.7. The topological polar surface area (TPSA) is 38.3 Å². The van der Waals surface area contributed by atoms with Crippen LogP contribution in [-0.2, 0) is 11.2 Å². The molecule has 3 aromatic carbocycles. The molecule has 1 atom stereocenters. The molecule has 3 rings (SSSR count). The number of amides is 1. The van der Waals surface area contributed by atoms with Crippen LogP contribution < -0.4 is 10.1 Å². The summed E-state index contributed by atoms with van der Waals surface area (Å²) in [5.41, 5.74) is 1.10. The number of ether oxygens (including phenoxy) is 1. The highest BCUT2D eigenvalue weighted by Gasteiger charge is 2.14. The van der Waals surface area contributed by atoms with Gasteiger partial charge in [0.1, 0.15) is 5.75 Å². The zero-order valence-corrected chi connectivity index (χ0v) is 15.5. The molecule has 3 aromatic rings. The van der Waals surface area contributed by atoms with Gasteiger partial charge in [0.2, 0.25) is 0 Å². The van der Waals surface area contributed by atoms with Gasteiger partial charge in [-0.3, -0.25) is 4.79 Å². The fraction of sp³-hybridized carbons (Fsp3) is 0.227. The summed E-state index contributed by atoms with van der Waals surface area (Å²) in [4.78, 5) is 12.2. The molecule has 1 amide bonds. The van der Waals surface area contributed by atoms with Crippen molar-refractivity contribution in [2.45, 2.75) is 25.9 Å². The number of carbonyl (C=O) groups is 1. The monoisotopic (exact) mass is 367 g/mol. The molecule has 1 N–H and O–H groups in total. The summed E-state index contributed by atoms with van der Waals surface area (Å²) in [6.07, 6.45) is 1.12. The van der Waals surface area contributed by atoms with Crippen LogP contribution in [0.5, 0.6) is 5.75 Å². The molecule has 0 spiro atoms. The van der Waals surface area contributed by atoms with E-state index in [1.807, 2.05) is 66.7 Å². The molecule has 3 nitrogen and oxygen atoms in total. The van der Waals surface area contributed by atoms with Crippen LogP contribution in [0, 0.1) is 0 Å². The molecule has 0 heterocycles. The van der Waals surface area contributed by atoms with E-state index < -0.39 is 6.10 Å². The number of halogens is 1. The van der Waals surface area contributed by atoms with E-state index in [1.165, 1.54) is 0 Å². The number of fused-ring (bicyclic) bond motifs is 1. The van der Waals surface area contributed by atoms with Crippen molar-refractivity contribution < 1.29 is 9.53 Å². The van der Waals surface area contributed by atoms with Crippen LogP contribution in [0.15, 0.2) is 66.7 Å². The minimum atomic E-state index is -0.545. The predicted octanol–water partition coefficient (Wildman–Crippen LogP) is 5.01. The van der Waals surface area contributed by atoms with E-state index in [-0.39, 0.29) is 5.91 Å². The molecule has 0 aliphatic carbocycles. The van der Waals surface area contributed by atoms with Crippen LogP contribution in [0.3, 0.4) is 0 Å². The normalized spacial score (nSPS) is 11.9. The molecular weight excluding hydrogens is 346 g/mol. The third-order valence-corrected chi connectivity index (χ3v) is 4.65. The predicted molar refractivity (Wildman–Crippen MR) is 107 cm³/mol. The van der Waals surface area contributed by atoms with Gasteiger partial charge in [-0.15, -0.1) is 0 Å². The van der Waals surface area contributed by atoms with Gasteiger partial charge in [0.25, 0.3) is 5.91 Å². The number of hydrogen-bond donors (Lipinski definition) is 1. The molecule has 0 unspecified atom stereocenters. The molecule has 0 radical (unpaired) electrons. The quantitative estimate of drug-likeness (QED) is 0.596. The van der Waals surface area contributed by atoms with Crippen molar-refractivity contribution in [1.29, 1.82) is 0 Å². The van der Waals surface area contributed by atoms with Gasteiger partial charge in [0.15, 0.2) is 6.10 Å². The van der Waals surface area contributed by atoms with E-state index in [0.717, 1.165) is 34.2 Å². The van der Waals surface area contributed by atoms with Crippen LogP contribution >= 0.6 is 11.6 Å². The Balaban J connectivity index is 1.47. The van der Waals surface area contributed by atoms with E-state index in [1.54, 1.807) is 6.92 Å². The number of nitrogens with one attached hydrogen (secondary N) is 1. The van der Waals surface area contributed by atoms with Crippen molar-refractivity contribution in [1.82, 2.24) is 5.32 Å². The maximum Gasteiger partial charge on any atom is 0.260 e. The molecule has 0 bridgehead atoms. The third kappa shape index (κ3) is 4.77. The highest BCUT2D eigenvalue weighted by Crippen LogP contribution is 2.21. The van der Waals surface area contributed by atoms with Gasteiger partial charge in [-0.05, 0) is 54.3 Å². The molecular formula is C22H22ClNO2. The van der Waals surface area contributed by atoms with Crippen LogP contribution in [0.25, 0.3) is 10.8 Å². The van der Waals surface area contributed by atoms with Crippen LogP contribution in [0.2, 0.25) is 5.02 Å². The molecule has 0 saturated carbocycles. The van der Waals surface area contributed by atoms with Gasteiger partial charge >= 0.3 is 0 Å². The Hall–Kier alpha value is -2.52. The summed E-state index contributed by atoms with van der Waals surface area (Å²) in [5.74, 6) is 0.583. The van der Waals surface area contributed by atoms with Crippen LogP contribution in [0.4, 0.5) is 0 Å². The van der Waals surface area contributed by atoms with Crippen molar-refractivity contribution in [3.63, 3.8) is 0 Å². The number of hydrogen-bond acceptors (Lipinski definition) is 2. The standard InChI is InChI=1S/C22H22ClNO2/c1-16(26-20-13-12-17-7-2-3-9-19(17)15-20)22(25)24-14-6-10-18-8-4-5-11-21(18)23/h2-5,7-9,11-13,15-16H,6,10,14H2,1H3,(H,24,25)/t16-/m1/s1. The van der Waals surface area contributed by atoms with Crippen LogP contribution in [0.1, 0.15) is 18.9 Å². The summed E-state index contributed by atoms with van der Waals surface area (Å²) in [6.45, 7) is 2.36.